The number of rotatable bonds is 8. The van der Waals surface area contributed by atoms with Gasteiger partial charge in [-0.3, -0.25) is 9.59 Å². The van der Waals surface area contributed by atoms with Crippen LogP contribution in [0.15, 0.2) is 49.2 Å². The summed E-state index contributed by atoms with van der Waals surface area (Å²) in [6, 6.07) is 0. The van der Waals surface area contributed by atoms with E-state index in [2.05, 4.69) is 23.8 Å². The first-order valence-corrected chi connectivity index (χ1v) is 5.74. The molecule has 0 aromatic heterocycles. The van der Waals surface area contributed by atoms with Crippen molar-refractivity contribution in [3.8, 4) is 0 Å². The Hall–Kier alpha value is -2.58. The number of carbonyl (C=O) groups is 2. The molecule has 0 radical (unpaired) electrons. The topological polar surface area (TPSA) is 139 Å². The third-order valence-corrected chi connectivity index (χ3v) is 2.72. The summed E-state index contributed by atoms with van der Waals surface area (Å²) in [6.45, 7) is 4.76. The molecule has 2 amide bonds. The van der Waals surface area contributed by atoms with Crippen LogP contribution in [0.2, 0.25) is 0 Å². The number of amides is 2. The van der Waals surface area contributed by atoms with Crippen molar-refractivity contribution in [3.63, 3.8) is 0 Å². The van der Waals surface area contributed by atoms with Gasteiger partial charge in [0.05, 0.1) is 37.1 Å². The molecule has 116 valence electrons. The van der Waals surface area contributed by atoms with E-state index >= 15 is 0 Å². The Balaban J connectivity index is 5.76. The second-order valence-corrected chi connectivity index (χ2v) is 3.87. The fourth-order valence-electron chi connectivity index (χ4n) is 1.45. The van der Waals surface area contributed by atoms with Crippen LogP contribution in [-0.4, -0.2) is 45.5 Å². The van der Waals surface area contributed by atoms with Crippen LogP contribution in [-0.2, 0) is 9.59 Å². The summed E-state index contributed by atoms with van der Waals surface area (Å²) in [6.07, 6.45) is 2.65. The lowest BCUT2D eigenvalue weighted by Gasteiger charge is -2.33. The molecule has 0 spiro atoms. The zero-order valence-electron chi connectivity index (χ0n) is 11.2. The van der Waals surface area contributed by atoms with Crippen LogP contribution in [0.25, 0.3) is 0 Å². The molecule has 0 bridgehead atoms. The van der Waals surface area contributed by atoms with Gasteiger partial charge in [0.2, 0.25) is 11.8 Å². The maximum Gasteiger partial charge on any atom is 0.247 e. The van der Waals surface area contributed by atoms with E-state index in [-0.39, 0.29) is 11.4 Å². The minimum Gasteiger partial charge on any atom is -0.514 e. The summed E-state index contributed by atoms with van der Waals surface area (Å²) < 4.78 is 0. The zero-order valence-corrected chi connectivity index (χ0v) is 11.2. The van der Waals surface area contributed by atoms with Crippen LogP contribution in [0.1, 0.15) is 0 Å². The second-order valence-electron chi connectivity index (χ2n) is 3.87. The van der Waals surface area contributed by atoms with Gasteiger partial charge in [-0.1, -0.05) is 13.2 Å². The highest BCUT2D eigenvalue weighted by molar-refractivity contribution is 5.89. The first-order chi connectivity index (χ1) is 9.95. The number of aliphatic hydroxyl groups is 4. The highest BCUT2D eigenvalue weighted by atomic mass is 16.3. The zero-order chi connectivity index (χ0) is 16.5. The molecule has 0 unspecified atom stereocenters. The maximum absolute atomic E-state index is 11.3. The van der Waals surface area contributed by atoms with Gasteiger partial charge in [0, 0.05) is 0 Å². The summed E-state index contributed by atoms with van der Waals surface area (Å²) >= 11 is 0. The van der Waals surface area contributed by atoms with Crippen molar-refractivity contribution in [2.75, 3.05) is 13.2 Å². The van der Waals surface area contributed by atoms with Crippen molar-refractivity contribution >= 4 is 11.8 Å². The lowest BCUT2D eigenvalue weighted by atomic mass is 9.82. The van der Waals surface area contributed by atoms with Crippen LogP contribution >= 0.6 is 0 Å². The van der Waals surface area contributed by atoms with Crippen LogP contribution in [0.5, 0.6) is 0 Å². The molecule has 0 saturated heterocycles. The van der Waals surface area contributed by atoms with Gasteiger partial charge in [-0.15, -0.1) is 0 Å². The average Bonchev–Trinajstić information content (AvgIpc) is 2.52. The van der Waals surface area contributed by atoms with Gasteiger partial charge >= 0.3 is 0 Å². The van der Waals surface area contributed by atoms with Crippen LogP contribution in [0, 0.1) is 5.41 Å². The van der Waals surface area contributed by atoms with Gasteiger partial charge in [0.25, 0.3) is 0 Å². The molecule has 0 heterocycles. The average molecular weight is 298 g/mol. The molecule has 0 aromatic carbocycles. The quantitative estimate of drug-likeness (QED) is 0.260. The first kappa shape index (κ1) is 18.4. The fraction of sp³-hybridized carbons (Fsp3) is 0.231. The van der Waals surface area contributed by atoms with Crippen molar-refractivity contribution in [2.24, 2.45) is 5.41 Å². The van der Waals surface area contributed by atoms with Gasteiger partial charge in [0.1, 0.15) is 5.41 Å². The minimum atomic E-state index is -1.85. The molecular formula is C13H18N2O6. The molecule has 0 aliphatic heterocycles. The SMILES string of the molecule is C=CC(=O)NC(=CO)C(CO)(CO)C(=CO)NC(=O)C=C. The van der Waals surface area contributed by atoms with Gasteiger partial charge in [-0.2, -0.15) is 0 Å². The van der Waals surface area contributed by atoms with E-state index in [9.17, 15) is 30.0 Å². The molecule has 0 rings (SSSR count). The van der Waals surface area contributed by atoms with E-state index in [0.717, 1.165) is 12.2 Å². The predicted octanol–water partition coefficient (Wildman–Crippen LogP) is -0.639. The second kappa shape index (κ2) is 8.56. The van der Waals surface area contributed by atoms with E-state index in [1.54, 1.807) is 0 Å². The summed E-state index contributed by atoms with van der Waals surface area (Å²) in [5.74, 6) is -1.46. The molecular weight excluding hydrogens is 280 g/mol. The monoisotopic (exact) mass is 298 g/mol. The highest BCUT2D eigenvalue weighted by Gasteiger charge is 2.40. The van der Waals surface area contributed by atoms with E-state index in [0.29, 0.717) is 12.5 Å². The van der Waals surface area contributed by atoms with Gasteiger partial charge in [0.15, 0.2) is 0 Å². The smallest absolute Gasteiger partial charge is 0.247 e. The number of hydrogen-bond donors (Lipinski definition) is 6. The van der Waals surface area contributed by atoms with Crippen molar-refractivity contribution in [1.82, 2.24) is 10.6 Å². The Morgan fingerprint density at radius 1 is 0.905 bits per heavy atom. The number of aliphatic hydroxyl groups excluding tert-OH is 4. The molecule has 6 N–H and O–H groups in total. The molecule has 0 atom stereocenters. The van der Waals surface area contributed by atoms with Gasteiger partial charge in [-0.05, 0) is 12.2 Å². The molecule has 21 heavy (non-hydrogen) atoms. The van der Waals surface area contributed by atoms with Gasteiger partial charge < -0.3 is 31.1 Å². The van der Waals surface area contributed by atoms with E-state index in [1.165, 1.54) is 0 Å². The van der Waals surface area contributed by atoms with Crippen molar-refractivity contribution in [2.45, 2.75) is 0 Å². The minimum absolute atomic E-state index is 0.345. The highest BCUT2D eigenvalue weighted by Crippen LogP contribution is 2.31. The molecule has 0 aliphatic carbocycles. The Bertz CT molecular complexity index is 437. The van der Waals surface area contributed by atoms with Crippen molar-refractivity contribution < 1.29 is 30.0 Å². The molecule has 0 aromatic rings. The molecule has 0 aliphatic rings. The molecule has 0 saturated carbocycles. The summed E-state index contributed by atoms with van der Waals surface area (Å²) in [7, 11) is 0. The maximum atomic E-state index is 11.3. The number of hydrogen-bond acceptors (Lipinski definition) is 6. The number of carbonyl (C=O) groups excluding carboxylic acids is 2. The third kappa shape index (κ3) is 4.20. The third-order valence-electron chi connectivity index (χ3n) is 2.72. The normalized spacial score (nSPS) is 12.5. The number of nitrogens with one attached hydrogen (secondary N) is 2. The van der Waals surface area contributed by atoms with Crippen LogP contribution in [0.3, 0.4) is 0 Å². The Morgan fingerprint density at radius 2 is 1.24 bits per heavy atom. The standard InChI is InChI=1S/C13H18N2O6/c1-3-11(20)14-9(5-16)13(7-18,8-19)10(6-17)15-12(21)4-2/h3-6,16-19H,1-2,7-8H2,(H,14,20)(H,15,21). The molecule has 8 heteroatoms. The van der Waals surface area contributed by atoms with Crippen LogP contribution < -0.4 is 10.6 Å². The lowest BCUT2D eigenvalue weighted by molar-refractivity contribution is -0.116. The van der Waals surface area contributed by atoms with Crippen LogP contribution in [0.4, 0.5) is 0 Å². The van der Waals surface area contributed by atoms with E-state index in [4.69, 9.17) is 0 Å². The fourth-order valence-corrected chi connectivity index (χ4v) is 1.45. The van der Waals surface area contributed by atoms with E-state index in [1.807, 2.05) is 0 Å². The lowest BCUT2D eigenvalue weighted by Crippen LogP contribution is -2.46. The first-order valence-electron chi connectivity index (χ1n) is 5.74. The largest absolute Gasteiger partial charge is 0.514 e. The van der Waals surface area contributed by atoms with Crippen molar-refractivity contribution in [1.29, 1.82) is 0 Å². The summed E-state index contributed by atoms with van der Waals surface area (Å²) in [5.41, 5.74) is -2.54. The Morgan fingerprint density at radius 3 is 1.43 bits per heavy atom. The van der Waals surface area contributed by atoms with E-state index < -0.39 is 30.4 Å². The molecule has 0 fully saturated rings. The Kier molecular flexibility index (Phi) is 7.51. The molecule has 8 nitrogen and oxygen atoms in total. The van der Waals surface area contributed by atoms with Gasteiger partial charge in [-0.25, -0.2) is 0 Å². The summed E-state index contributed by atoms with van der Waals surface area (Å²) in [5, 5.41) is 41.9. The predicted molar refractivity (Wildman–Crippen MR) is 74.7 cm³/mol. The Labute approximate surface area is 121 Å². The van der Waals surface area contributed by atoms with Crippen molar-refractivity contribution in [3.05, 3.63) is 49.2 Å². The summed E-state index contributed by atoms with van der Waals surface area (Å²) in [4.78, 5) is 22.6.